The van der Waals surface area contributed by atoms with Crippen molar-refractivity contribution in [3.63, 3.8) is 0 Å². The Bertz CT molecular complexity index is 842. The van der Waals surface area contributed by atoms with Crippen LogP contribution in [0.1, 0.15) is 16.1 Å². The Morgan fingerprint density at radius 1 is 1.33 bits per heavy atom. The van der Waals surface area contributed by atoms with Gasteiger partial charge in [0.05, 0.1) is 16.4 Å². The zero-order valence-electron chi connectivity index (χ0n) is 11.2. The molecule has 5 nitrogen and oxygen atoms in total. The predicted octanol–water partition coefficient (Wildman–Crippen LogP) is 3.73. The molecule has 6 heteroatoms. The number of hydrogen-bond donors (Lipinski definition) is 2. The Balaban J connectivity index is 1.89. The first-order valence-corrected chi connectivity index (χ1v) is 7.05. The minimum absolute atomic E-state index is 0.237. The van der Waals surface area contributed by atoms with Crippen LogP contribution in [0.4, 0.5) is 11.5 Å². The monoisotopic (exact) mass is 345 g/mol. The highest BCUT2D eigenvalue weighted by atomic mass is 79.9. The van der Waals surface area contributed by atoms with Gasteiger partial charge in [-0.05, 0) is 47.1 Å². The van der Waals surface area contributed by atoms with Gasteiger partial charge in [0.25, 0.3) is 5.91 Å². The molecule has 0 fully saturated rings. The number of hydrogen-bond acceptors (Lipinski definition) is 4. The van der Waals surface area contributed by atoms with Gasteiger partial charge in [-0.1, -0.05) is 11.6 Å². The summed E-state index contributed by atoms with van der Waals surface area (Å²) in [7, 11) is 0. The highest BCUT2D eigenvalue weighted by molar-refractivity contribution is 9.10. The van der Waals surface area contributed by atoms with Crippen LogP contribution < -0.4 is 11.1 Å². The van der Waals surface area contributed by atoms with Crippen LogP contribution in [0.5, 0.6) is 0 Å². The van der Waals surface area contributed by atoms with Crippen LogP contribution in [-0.2, 0) is 0 Å². The molecule has 0 saturated heterocycles. The molecule has 3 rings (SSSR count). The van der Waals surface area contributed by atoms with Crippen molar-refractivity contribution < 1.29 is 9.21 Å². The Morgan fingerprint density at radius 2 is 2.14 bits per heavy atom. The van der Waals surface area contributed by atoms with Gasteiger partial charge >= 0.3 is 0 Å². The van der Waals surface area contributed by atoms with Crippen LogP contribution in [0.3, 0.4) is 0 Å². The largest absolute Gasteiger partial charge is 0.451 e. The molecule has 0 radical (unpaired) electrons. The zero-order chi connectivity index (χ0) is 15.0. The average Bonchev–Trinajstić information content (AvgIpc) is 2.85. The van der Waals surface area contributed by atoms with E-state index in [2.05, 4.69) is 26.2 Å². The van der Waals surface area contributed by atoms with E-state index < -0.39 is 0 Å². The van der Waals surface area contributed by atoms with Gasteiger partial charge in [-0.25, -0.2) is 4.98 Å². The van der Waals surface area contributed by atoms with E-state index in [-0.39, 0.29) is 11.7 Å². The molecule has 2 heterocycles. The molecule has 21 heavy (non-hydrogen) atoms. The topological polar surface area (TPSA) is 81.2 Å². The van der Waals surface area contributed by atoms with Crippen molar-refractivity contribution in [2.45, 2.75) is 6.92 Å². The SMILES string of the molecule is Cc1ccc2oc(C(=O)Nc3ncc(N)cc3Br)cc2c1. The van der Waals surface area contributed by atoms with Crippen molar-refractivity contribution in [1.82, 2.24) is 4.98 Å². The maximum atomic E-state index is 12.2. The summed E-state index contributed by atoms with van der Waals surface area (Å²) in [6.45, 7) is 1.99. The molecular formula is C15H12BrN3O2. The molecule has 0 aliphatic rings. The van der Waals surface area contributed by atoms with Crippen molar-refractivity contribution >= 4 is 44.3 Å². The van der Waals surface area contributed by atoms with E-state index >= 15 is 0 Å². The first kappa shape index (κ1) is 13.6. The number of halogens is 1. The van der Waals surface area contributed by atoms with E-state index in [0.717, 1.165) is 10.9 Å². The first-order valence-electron chi connectivity index (χ1n) is 6.25. The van der Waals surface area contributed by atoms with Crippen LogP contribution in [-0.4, -0.2) is 10.9 Å². The fourth-order valence-corrected chi connectivity index (χ4v) is 2.45. The van der Waals surface area contributed by atoms with Gasteiger partial charge < -0.3 is 15.5 Å². The quantitative estimate of drug-likeness (QED) is 0.741. The van der Waals surface area contributed by atoms with Crippen LogP contribution in [0, 0.1) is 6.92 Å². The fraction of sp³-hybridized carbons (Fsp3) is 0.0667. The summed E-state index contributed by atoms with van der Waals surface area (Å²) in [4.78, 5) is 16.3. The van der Waals surface area contributed by atoms with E-state index in [1.54, 1.807) is 12.1 Å². The van der Waals surface area contributed by atoms with Gasteiger partial charge in [-0.3, -0.25) is 4.79 Å². The normalized spacial score (nSPS) is 10.8. The lowest BCUT2D eigenvalue weighted by Gasteiger charge is -2.04. The molecule has 0 bridgehead atoms. The number of nitrogen functional groups attached to an aromatic ring is 1. The summed E-state index contributed by atoms with van der Waals surface area (Å²) in [6, 6.07) is 9.13. The lowest BCUT2D eigenvalue weighted by molar-refractivity contribution is 0.0998. The van der Waals surface area contributed by atoms with Crippen molar-refractivity contribution in [2.75, 3.05) is 11.1 Å². The summed E-state index contributed by atoms with van der Waals surface area (Å²) in [5.41, 5.74) is 7.91. The third kappa shape index (κ3) is 2.75. The van der Waals surface area contributed by atoms with Crippen molar-refractivity contribution in [3.05, 3.63) is 52.3 Å². The molecule has 1 aromatic carbocycles. The highest BCUT2D eigenvalue weighted by Gasteiger charge is 2.14. The number of pyridine rings is 1. The minimum atomic E-state index is -0.359. The minimum Gasteiger partial charge on any atom is -0.451 e. The lowest BCUT2D eigenvalue weighted by atomic mass is 10.2. The van der Waals surface area contributed by atoms with E-state index in [9.17, 15) is 4.79 Å². The molecule has 1 amide bonds. The summed E-state index contributed by atoms with van der Waals surface area (Å²) in [5.74, 6) is 0.272. The van der Waals surface area contributed by atoms with Crippen LogP contribution in [0.25, 0.3) is 11.0 Å². The second-order valence-corrected chi connectivity index (χ2v) is 5.56. The summed E-state index contributed by atoms with van der Waals surface area (Å²) < 4.78 is 6.15. The van der Waals surface area contributed by atoms with E-state index in [1.165, 1.54) is 6.20 Å². The smallest absolute Gasteiger partial charge is 0.292 e. The molecular weight excluding hydrogens is 334 g/mol. The maximum Gasteiger partial charge on any atom is 0.292 e. The molecule has 3 aromatic rings. The average molecular weight is 346 g/mol. The molecule has 2 aromatic heterocycles. The number of amides is 1. The molecule has 0 saturated carbocycles. The number of anilines is 2. The number of rotatable bonds is 2. The Hall–Kier alpha value is -2.34. The Morgan fingerprint density at radius 3 is 2.90 bits per heavy atom. The fourth-order valence-electron chi connectivity index (χ4n) is 1.99. The van der Waals surface area contributed by atoms with Gasteiger partial charge in [0.1, 0.15) is 11.4 Å². The highest BCUT2D eigenvalue weighted by Crippen LogP contribution is 2.24. The van der Waals surface area contributed by atoms with Crippen molar-refractivity contribution in [2.24, 2.45) is 0 Å². The third-order valence-corrected chi connectivity index (χ3v) is 3.59. The number of aromatic nitrogens is 1. The van der Waals surface area contributed by atoms with Crippen LogP contribution >= 0.6 is 15.9 Å². The number of nitrogens with one attached hydrogen (secondary N) is 1. The van der Waals surface area contributed by atoms with Gasteiger partial charge in [-0.15, -0.1) is 0 Å². The number of nitrogens with zero attached hydrogens (tertiary/aromatic N) is 1. The van der Waals surface area contributed by atoms with Gasteiger partial charge in [0.2, 0.25) is 0 Å². The number of carbonyl (C=O) groups excluding carboxylic acids is 1. The number of carbonyl (C=O) groups is 1. The molecule has 0 spiro atoms. The second-order valence-electron chi connectivity index (χ2n) is 4.71. The number of benzene rings is 1. The Labute approximate surface area is 129 Å². The van der Waals surface area contributed by atoms with E-state index in [4.69, 9.17) is 10.2 Å². The summed E-state index contributed by atoms with van der Waals surface area (Å²) >= 11 is 3.30. The zero-order valence-corrected chi connectivity index (χ0v) is 12.8. The first-order chi connectivity index (χ1) is 10.0. The third-order valence-electron chi connectivity index (χ3n) is 2.99. The molecule has 106 valence electrons. The van der Waals surface area contributed by atoms with Crippen LogP contribution in [0.2, 0.25) is 0 Å². The number of aryl methyl sites for hydroxylation is 1. The summed E-state index contributed by atoms with van der Waals surface area (Å²) in [5, 5.41) is 3.58. The van der Waals surface area contributed by atoms with Crippen molar-refractivity contribution in [1.29, 1.82) is 0 Å². The molecule has 0 atom stereocenters. The van der Waals surface area contributed by atoms with E-state index in [0.29, 0.717) is 21.6 Å². The maximum absolute atomic E-state index is 12.2. The van der Waals surface area contributed by atoms with Crippen LogP contribution in [0.15, 0.2) is 45.4 Å². The van der Waals surface area contributed by atoms with E-state index in [1.807, 2.05) is 25.1 Å². The number of furan rings is 1. The molecule has 0 aliphatic carbocycles. The Kier molecular flexibility index (Phi) is 3.39. The summed E-state index contributed by atoms with van der Waals surface area (Å²) in [6.07, 6.45) is 1.47. The van der Waals surface area contributed by atoms with Gasteiger partial charge in [-0.2, -0.15) is 0 Å². The lowest BCUT2D eigenvalue weighted by Crippen LogP contribution is -2.12. The standard InChI is InChI=1S/C15H12BrN3O2/c1-8-2-3-12-9(4-8)5-13(21-12)15(20)19-14-11(16)6-10(17)7-18-14/h2-7H,17H2,1H3,(H,18,19,20). The number of fused-ring (bicyclic) bond motifs is 1. The number of nitrogens with two attached hydrogens (primary N) is 1. The molecule has 0 unspecified atom stereocenters. The molecule has 0 aliphatic heterocycles. The van der Waals surface area contributed by atoms with Crippen molar-refractivity contribution in [3.8, 4) is 0 Å². The second kappa shape index (κ2) is 5.21. The van der Waals surface area contributed by atoms with Gasteiger partial charge in [0, 0.05) is 5.39 Å². The molecule has 3 N–H and O–H groups in total. The van der Waals surface area contributed by atoms with Gasteiger partial charge in [0.15, 0.2) is 5.76 Å². The predicted molar refractivity (Wildman–Crippen MR) is 85.3 cm³/mol.